The van der Waals surface area contributed by atoms with Crippen LogP contribution in [0.3, 0.4) is 0 Å². The third-order valence-electron chi connectivity index (χ3n) is 5.33. The van der Waals surface area contributed by atoms with Gasteiger partial charge in [0.15, 0.2) is 0 Å². The molecule has 1 aromatic rings. The first-order valence-electron chi connectivity index (χ1n) is 9.35. The minimum absolute atomic E-state index is 0. The lowest BCUT2D eigenvalue weighted by atomic mass is 9.95. The number of nitrogens with zero attached hydrogens (tertiary/aromatic N) is 4. The zero-order valence-corrected chi connectivity index (χ0v) is 15.9. The molecule has 1 aromatic heterocycles. The number of likely N-dealkylation sites (tertiary alicyclic amines) is 1. The largest absolute Gasteiger partial charge is 0.341 e. The molecule has 0 spiro atoms. The SMILES string of the molecule is Cl.NC[C@H]1CCC[C@H]1C(=O)Nc1ncn(CC(=O)N2CCCCCC2)n1. The Labute approximate surface area is 160 Å². The van der Waals surface area contributed by atoms with Crippen LogP contribution in [0.25, 0.3) is 0 Å². The average molecular weight is 385 g/mol. The van der Waals surface area contributed by atoms with E-state index in [0.29, 0.717) is 6.54 Å². The van der Waals surface area contributed by atoms with Crippen LogP contribution in [0.15, 0.2) is 6.33 Å². The number of anilines is 1. The van der Waals surface area contributed by atoms with Crippen LogP contribution in [0.5, 0.6) is 0 Å². The molecule has 26 heavy (non-hydrogen) atoms. The van der Waals surface area contributed by atoms with Crippen molar-refractivity contribution in [1.82, 2.24) is 19.7 Å². The van der Waals surface area contributed by atoms with Crippen molar-refractivity contribution in [2.45, 2.75) is 51.5 Å². The summed E-state index contributed by atoms with van der Waals surface area (Å²) in [4.78, 5) is 30.8. The van der Waals surface area contributed by atoms with Gasteiger partial charge in [-0.1, -0.05) is 19.3 Å². The van der Waals surface area contributed by atoms with Crippen LogP contribution >= 0.6 is 12.4 Å². The van der Waals surface area contributed by atoms with Gasteiger partial charge in [-0.2, -0.15) is 0 Å². The molecule has 2 aliphatic rings. The van der Waals surface area contributed by atoms with E-state index >= 15 is 0 Å². The summed E-state index contributed by atoms with van der Waals surface area (Å²) in [5.41, 5.74) is 5.74. The van der Waals surface area contributed by atoms with E-state index in [1.807, 2.05) is 4.90 Å². The fraction of sp³-hybridized carbons (Fsp3) is 0.765. The Morgan fingerprint density at radius 3 is 2.58 bits per heavy atom. The lowest BCUT2D eigenvalue weighted by Gasteiger charge is -2.19. The van der Waals surface area contributed by atoms with Crippen molar-refractivity contribution in [2.75, 3.05) is 25.0 Å². The number of halogens is 1. The molecule has 146 valence electrons. The zero-order chi connectivity index (χ0) is 17.6. The Hall–Kier alpha value is -1.67. The second kappa shape index (κ2) is 9.87. The number of carbonyl (C=O) groups excluding carboxylic acids is 2. The topological polar surface area (TPSA) is 106 Å². The fourth-order valence-electron chi connectivity index (χ4n) is 3.85. The van der Waals surface area contributed by atoms with Crippen LogP contribution in [0.1, 0.15) is 44.9 Å². The van der Waals surface area contributed by atoms with E-state index in [4.69, 9.17) is 5.73 Å². The third-order valence-corrected chi connectivity index (χ3v) is 5.33. The van der Waals surface area contributed by atoms with E-state index in [-0.39, 0.29) is 48.6 Å². The van der Waals surface area contributed by atoms with Crippen molar-refractivity contribution in [3.8, 4) is 0 Å². The quantitative estimate of drug-likeness (QED) is 0.798. The van der Waals surface area contributed by atoms with E-state index in [2.05, 4.69) is 15.4 Å². The molecule has 3 N–H and O–H groups in total. The molecular weight excluding hydrogens is 356 g/mol. The monoisotopic (exact) mass is 384 g/mol. The number of aromatic nitrogens is 3. The molecule has 0 bridgehead atoms. The van der Waals surface area contributed by atoms with Gasteiger partial charge in [0, 0.05) is 19.0 Å². The molecule has 2 fully saturated rings. The maximum absolute atomic E-state index is 12.4. The molecule has 2 amide bonds. The molecule has 2 heterocycles. The molecule has 9 heteroatoms. The van der Waals surface area contributed by atoms with E-state index in [9.17, 15) is 9.59 Å². The van der Waals surface area contributed by atoms with Crippen molar-refractivity contribution in [3.05, 3.63) is 6.33 Å². The van der Waals surface area contributed by atoms with E-state index < -0.39 is 0 Å². The number of nitrogens with two attached hydrogens (primary N) is 1. The lowest BCUT2D eigenvalue weighted by Crippen LogP contribution is -2.34. The fourth-order valence-corrected chi connectivity index (χ4v) is 3.85. The van der Waals surface area contributed by atoms with Crippen LogP contribution in [0.4, 0.5) is 5.95 Å². The van der Waals surface area contributed by atoms with Crippen LogP contribution in [0.2, 0.25) is 0 Å². The Morgan fingerprint density at radius 2 is 1.88 bits per heavy atom. The predicted octanol–water partition coefficient (Wildman–Crippen LogP) is 1.42. The first kappa shape index (κ1) is 20.6. The van der Waals surface area contributed by atoms with Gasteiger partial charge in [0.2, 0.25) is 17.8 Å². The third kappa shape index (κ3) is 5.17. The van der Waals surface area contributed by atoms with Gasteiger partial charge >= 0.3 is 0 Å². The minimum atomic E-state index is -0.0652. The highest BCUT2D eigenvalue weighted by atomic mass is 35.5. The molecule has 1 saturated carbocycles. The number of carbonyl (C=O) groups is 2. The van der Waals surface area contributed by atoms with Crippen molar-refractivity contribution < 1.29 is 9.59 Å². The van der Waals surface area contributed by atoms with Gasteiger partial charge < -0.3 is 10.6 Å². The number of amides is 2. The molecule has 0 radical (unpaired) electrons. The Balaban J connectivity index is 0.00000243. The van der Waals surface area contributed by atoms with Crippen LogP contribution < -0.4 is 11.1 Å². The molecule has 1 saturated heterocycles. The molecule has 3 rings (SSSR count). The van der Waals surface area contributed by atoms with Crippen LogP contribution in [0, 0.1) is 11.8 Å². The van der Waals surface area contributed by atoms with Crippen molar-refractivity contribution in [1.29, 1.82) is 0 Å². The van der Waals surface area contributed by atoms with Gasteiger partial charge in [-0.3, -0.25) is 14.9 Å². The van der Waals surface area contributed by atoms with Crippen molar-refractivity contribution >= 4 is 30.2 Å². The normalized spacial score (nSPS) is 23.2. The van der Waals surface area contributed by atoms with Gasteiger partial charge in [0.1, 0.15) is 12.9 Å². The van der Waals surface area contributed by atoms with Crippen LogP contribution in [-0.2, 0) is 16.1 Å². The number of nitrogens with one attached hydrogen (secondary N) is 1. The van der Waals surface area contributed by atoms with Gasteiger partial charge in [-0.25, -0.2) is 9.67 Å². The van der Waals surface area contributed by atoms with E-state index in [0.717, 1.165) is 45.2 Å². The Morgan fingerprint density at radius 1 is 1.15 bits per heavy atom. The van der Waals surface area contributed by atoms with Gasteiger partial charge in [0.25, 0.3) is 0 Å². The Kier molecular flexibility index (Phi) is 7.84. The van der Waals surface area contributed by atoms with E-state index in [1.54, 1.807) is 0 Å². The number of hydrogen-bond donors (Lipinski definition) is 2. The van der Waals surface area contributed by atoms with Crippen molar-refractivity contribution in [2.24, 2.45) is 17.6 Å². The molecule has 2 atom stereocenters. The maximum Gasteiger partial charge on any atom is 0.248 e. The molecule has 0 aromatic carbocycles. The van der Waals surface area contributed by atoms with Gasteiger partial charge in [-0.05, 0) is 38.1 Å². The smallest absolute Gasteiger partial charge is 0.248 e. The summed E-state index contributed by atoms with van der Waals surface area (Å²) in [7, 11) is 0. The summed E-state index contributed by atoms with van der Waals surface area (Å²) in [6, 6.07) is 0. The first-order valence-corrected chi connectivity index (χ1v) is 9.35. The molecule has 1 aliphatic heterocycles. The summed E-state index contributed by atoms with van der Waals surface area (Å²) in [5.74, 6) is 0.437. The highest BCUT2D eigenvalue weighted by Gasteiger charge is 2.32. The number of rotatable bonds is 5. The molecular formula is C17H29ClN6O2. The van der Waals surface area contributed by atoms with Crippen molar-refractivity contribution in [3.63, 3.8) is 0 Å². The molecule has 1 aliphatic carbocycles. The molecule has 8 nitrogen and oxygen atoms in total. The van der Waals surface area contributed by atoms with Gasteiger partial charge in [0.05, 0.1) is 0 Å². The van der Waals surface area contributed by atoms with E-state index in [1.165, 1.54) is 23.9 Å². The van der Waals surface area contributed by atoms with Crippen LogP contribution in [-0.4, -0.2) is 51.1 Å². The highest BCUT2D eigenvalue weighted by molar-refractivity contribution is 5.91. The average Bonchev–Trinajstić information content (AvgIpc) is 3.16. The molecule has 0 unspecified atom stereocenters. The summed E-state index contributed by atoms with van der Waals surface area (Å²) in [6.45, 7) is 2.33. The standard InChI is InChI=1S/C17H28N6O2.ClH/c18-10-13-6-5-7-14(13)16(25)20-17-19-12-23(21-17)11-15(24)22-8-3-1-2-4-9-22;/h12-14H,1-11,18H2,(H,20,21,25);1H/t13-,14-;/m1./s1. The highest BCUT2D eigenvalue weighted by Crippen LogP contribution is 2.31. The second-order valence-electron chi connectivity index (χ2n) is 7.08. The summed E-state index contributed by atoms with van der Waals surface area (Å²) in [5, 5.41) is 6.99. The number of hydrogen-bond acceptors (Lipinski definition) is 5. The van der Waals surface area contributed by atoms with Gasteiger partial charge in [-0.15, -0.1) is 17.5 Å². The summed E-state index contributed by atoms with van der Waals surface area (Å²) >= 11 is 0. The zero-order valence-electron chi connectivity index (χ0n) is 15.1. The first-order chi connectivity index (χ1) is 12.2. The lowest BCUT2D eigenvalue weighted by molar-refractivity contribution is -0.132. The summed E-state index contributed by atoms with van der Waals surface area (Å²) < 4.78 is 1.50. The predicted molar refractivity (Wildman–Crippen MR) is 101 cm³/mol. The minimum Gasteiger partial charge on any atom is -0.341 e. The Bertz CT molecular complexity index is 600. The maximum atomic E-state index is 12.4. The summed E-state index contributed by atoms with van der Waals surface area (Å²) in [6.07, 6.45) is 8.90. The second-order valence-corrected chi connectivity index (χ2v) is 7.08.